The van der Waals surface area contributed by atoms with Crippen molar-refractivity contribution in [3.8, 4) is 0 Å². The van der Waals surface area contributed by atoms with E-state index < -0.39 is 0 Å². The number of hydrogen-bond acceptors (Lipinski definition) is 4. The highest BCUT2D eigenvalue weighted by molar-refractivity contribution is 7.10. The lowest BCUT2D eigenvalue weighted by atomic mass is 9.98. The second-order valence-electron chi connectivity index (χ2n) is 6.30. The number of rotatable bonds is 4. The van der Waals surface area contributed by atoms with Gasteiger partial charge in [-0.1, -0.05) is 24.3 Å². The standard InChI is InChI=1S/C20H20N2OS2/c1-14-5-2-3-6-16(14)21-19(23)13-22-10-8-17-15(9-12-25-17)20(22)18-7-4-11-24-18/h2-7,9,11-12,20H,8,10,13H2,1H3,(H,21,23). The summed E-state index contributed by atoms with van der Waals surface area (Å²) in [5.74, 6) is 0.0505. The second-order valence-corrected chi connectivity index (χ2v) is 8.28. The van der Waals surface area contributed by atoms with Crippen molar-refractivity contribution in [3.63, 3.8) is 0 Å². The van der Waals surface area contributed by atoms with Crippen LogP contribution in [0.5, 0.6) is 0 Å². The van der Waals surface area contributed by atoms with Crippen LogP contribution in [-0.4, -0.2) is 23.9 Å². The van der Waals surface area contributed by atoms with E-state index in [1.807, 2.05) is 42.5 Å². The van der Waals surface area contributed by atoms with Crippen LogP contribution in [0.4, 0.5) is 5.69 Å². The van der Waals surface area contributed by atoms with E-state index in [2.05, 4.69) is 39.2 Å². The van der Waals surface area contributed by atoms with E-state index in [0.29, 0.717) is 6.54 Å². The van der Waals surface area contributed by atoms with Crippen molar-refractivity contribution >= 4 is 34.3 Å². The molecule has 1 N–H and O–H groups in total. The first-order valence-corrected chi connectivity index (χ1v) is 10.2. The van der Waals surface area contributed by atoms with Gasteiger partial charge in [0, 0.05) is 22.0 Å². The fourth-order valence-corrected chi connectivity index (χ4v) is 5.19. The number of para-hydroxylation sites is 1. The summed E-state index contributed by atoms with van der Waals surface area (Å²) in [6.45, 7) is 3.34. The Morgan fingerprint density at radius 3 is 2.84 bits per heavy atom. The number of nitrogens with one attached hydrogen (secondary N) is 1. The van der Waals surface area contributed by atoms with Gasteiger partial charge in [-0.15, -0.1) is 22.7 Å². The Kier molecular flexibility index (Phi) is 4.70. The van der Waals surface area contributed by atoms with Gasteiger partial charge in [0.1, 0.15) is 0 Å². The van der Waals surface area contributed by atoms with Gasteiger partial charge in [0.2, 0.25) is 5.91 Å². The summed E-state index contributed by atoms with van der Waals surface area (Å²) in [7, 11) is 0. The zero-order valence-corrected chi connectivity index (χ0v) is 15.7. The molecular weight excluding hydrogens is 348 g/mol. The van der Waals surface area contributed by atoms with Crippen LogP contribution in [0.15, 0.2) is 53.2 Å². The number of carbonyl (C=O) groups is 1. The van der Waals surface area contributed by atoms with Crippen LogP contribution in [0, 0.1) is 6.92 Å². The molecule has 1 aliphatic rings. The third-order valence-corrected chi connectivity index (χ3v) is 6.57. The summed E-state index contributed by atoms with van der Waals surface area (Å²) < 4.78 is 0. The zero-order chi connectivity index (χ0) is 17.2. The Balaban J connectivity index is 1.55. The first-order chi connectivity index (χ1) is 12.2. The highest BCUT2D eigenvalue weighted by atomic mass is 32.1. The van der Waals surface area contributed by atoms with Crippen molar-refractivity contribution < 1.29 is 4.79 Å². The molecular formula is C20H20N2OS2. The number of nitrogens with zero attached hydrogens (tertiary/aromatic N) is 1. The summed E-state index contributed by atoms with van der Waals surface area (Å²) in [6, 6.07) is 14.6. The molecule has 3 heterocycles. The molecule has 5 heteroatoms. The van der Waals surface area contributed by atoms with Crippen LogP contribution < -0.4 is 5.32 Å². The van der Waals surface area contributed by atoms with E-state index >= 15 is 0 Å². The van der Waals surface area contributed by atoms with Crippen LogP contribution in [0.1, 0.15) is 26.9 Å². The summed E-state index contributed by atoms with van der Waals surface area (Å²) in [6.07, 6.45) is 1.02. The van der Waals surface area contributed by atoms with Crippen molar-refractivity contribution in [1.29, 1.82) is 0 Å². The third kappa shape index (κ3) is 3.40. The molecule has 2 aromatic heterocycles. The van der Waals surface area contributed by atoms with E-state index in [0.717, 1.165) is 24.2 Å². The number of amides is 1. The van der Waals surface area contributed by atoms with Gasteiger partial charge in [-0.05, 0) is 53.4 Å². The minimum absolute atomic E-state index is 0.0505. The molecule has 0 aliphatic carbocycles. The molecule has 1 aliphatic heterocycles. The molecule has 25 heavy (non-hydrogen) atoms. The Bertz CT molecular complexity index is 869. The average molecular weight is 369 g/mol. The summed E-state index contributed by atoms with van der Waals surface area (Å²) >= 11 is 3.59. The zero-order valence-electron chi connectivity index (χ0n) is 14.1. The monoisotopic (exact) mass is 368 g/mol. The quantitative estimate of drug-likeness (QED) is 0.724. The molecule has 0 bridgehead atoms. The normalized spacial score (nSPS) is 17.2. The molecule has 1 aromatic carbocycles. The van der Waals surface area contributed by atoms with Crippen molar-refractivity contribution in [1.82, 2.24) is 4.90 Å². The maximum Gasteiger partial charge on any atom is 0.238 e. The number of fused-ring (bicyclic) bond motifs is 1. The second kappa shape index (κ2) is 7.12. The van der Waals surface area contributed by atoms with Crippen molar-refractivity contribution in [2.24, 2.45) is 0 Å². The number of aryl methyl sites for hydroxylation is 1. The lowest BCUT2D eigenvalue weighted by Crippen LogP contribution is -2.40. The van der Waals surface area contributed by atoms with Gasteiger partial charge in [-0.25, -0.2) is 0 Å². The van der Waals surface area contributed by atoms with Gasteiger partial charge >= 0.3 is 0 Å². The van der Waals surface area contributed by atoms with Crippen LogP contribution in [0.2, 0.25) is 0 Å². The molecule has 128 valence electrons. The molecule has 0 fully saturated rings. The van der Waals surface area contributed by atoms with Gasteiger partial charge in [0.15, 0.2) is 0 Å². The van der Waals surface area contributed by atoms with Gasteiger partial charge in [0.25, 0.3) is 0 Å². The minimum atomic E-state index is 0.0505. The SMILES string of the molecule is Cc1ccccc1NC(=O)CN1CCc2sccc2C1c1cccs1. The van der Waals surface area contributed by atoms with E-state index in [1.54, 1.807) is 11.3 Å². The fraction of sp³-hybridized carbons (Fsp3) is 0.250. The predicted octanol–water partition coefficient (Wildman–Crippen LogP) is 4.70. The van der Waals surface area contributed by atoms with E-state index in [4.69, 9.17) is 0 Å². The van der Waals surface area contributed by atoms with Crippen molar-refractivity contribution in [3.05, 3.63) is 74.1 Å². The molecule has 3 aromatic rings. The highest BCUT2D eigenvalue weighted by Crippen LogP contribution is 2.39. The molecule has 0 spiro atoms. The third-order valence-electron chi connectivity index (χ3n) is 4.64. The maximum absolute atomic E-state index is 12.7. The number of thiophene rings is 2. The molecule has 3 nitrogen and oxygen atoms in total. The fourth-order valence-electron chi connectivity index (χ4n) is 3.41. The molecule has 0 saturated carbocycles. The van der Waals surface area contributed by atoms with Crippen LogP contribution in [0.3, 0.4) is 0 Å². The summed E-state index contributed by atoms with van der Waals surface area (Å²) in [4.78, 5) is 17.7. The first kappa shape index (κ1) is 16.5. The van der Waals surface area contributed by atoms with Crippen LogP contribution in [-0.2, 0) is 11.2 Å². The van der Waals surface area contributed by atoms with Gasteiger partial charge < -0.3 is 5.32 Å². The first-order valence-electron chi connectivity index (χ1n) is 8.41. The Hall–Kier alpha value is -1.95. The largest absolute Gasteiger partial charge is 0.325 e. The number of carbonyl (C=O) groups excluding carboxylic acids is 1. The maximum atomic E-state index is 12.7. The number of benzene rings is 1. The molecule has 0 saturated heterocycles. The topological polar surface area (TPSA) is 32.3 Å². The van der Waals surface area contributed by atoms with E-state index in [-0.39, 0.29) is 11.9 Å². The molecule has 1 atom stereocenters. The Morgan fingerprint density at radius 1 is 1.16 bits per heavy atom. The van der Waals surface area contributed by atoms with Gasteiger partial charge in [0.05, 0.1) is 12.6 Å². The summed E-state index contributed by atoms with van der Waals surface area (Å²) in [5.41, 5.74) is 3.35. The van der Waals surface area contributed by atoms with Gasteiger partial charge in [-0.2, -0.15) is 0 Å². The smallest absolute Gasteiger partial charge is 0.238 e. The molecule has 1 unspecified atom stereocenters. The van der Waals surface area contributed by atoms with Crippen molar-refractivity contribution in [2.45, 2.75) is 19.4 Å². The van der Waals surface area contributed by atoms with Crippen LogP contribution >= 0.6 is 22.7 Å². The average Bonchev–Trinajstić information content (AvgIpc) is 3.28. The van der Waals surface area contributed by atoms with E-state index in [1.165, 1.54) is 15.3 Å². The molecule has 0 radical (unpaired) electrons. The van der Waals surface area contributed by atoms with Crippen LogP contribution in [0.25, 0.3) is 0 Å². The Morgan fingerprint density at radius 2 is 2.04 bits per heavy atom. The highest BCUT2D eigenvalue weighted by Gasteiger charge is 2.31. The van der Waals surface area contributed by atoms with E-state index in [9.17, 15) is 4.79 Å². The van der Waals surface area contributed by atoms with Crippen molar-refractivity contribution in [2.75, 3.05) is 18.4 Å². The lowest BCUT2D eigenvalue weighted by Gasteiger charge is -2.34. The van der Waals surface area contributed by atoms with Gasteiger partial charge in [-0.3, -0.25) is 9.69 Å². The number of hydrogen-bond donors (Lipinski definition) is 1. The molecule has 4 rings (SSSR count). The number of anilines is 1. The predicted molar refractivity (Wildman–Crippen MR) is 106 cm³/mol. The Labute approximate surface area is 155 Å². The minimum Gasteiger partial charge on any atom is -0.325 e. The lowest BCUT2D eigenvalue weighted by molar-refractivity contribution is -0.117. The summed E-state index contributed by atoms with van der Waals surface area (Å²) in [5, 5.41) is 7.35. The molecule has 1 amide bonds.